The number of nitrogens with zero attached hydrogens (tertiary/aromatic N) is 2. The van der Waals surface area contributed by atoms with Gasteiger partial charge in [0.15, 0.2) is 0 Å². The number of rotatable bonds is 7. The second kappa shape index (κ2) is 7.85. The van der Waals surface area contributed by atoms with Crippen molar-refractivity contribution in [1.29, 1.82) is 0 Å². The van der Waals surface area contributed by atoms with Crippen LogP contribution in [0.2, 0.25) is 0 Å². The van der Waals surface area contributed by atoms with E-state index in [-0.39, 0.29) is 19.0 Å². The van der Waals surface area contributed by atoms with Gasteiger partial charge in [0.1, 0.15) is 12.1 Å². The predicted molar refractivity (Wildman–Crippen MR) is 80.0 cm³/mol. The standard InChI is InChI=1S/C14H27N3O4/c1-7-17(14(4,5)12(19)20)13(21)16(6)9-11(18)15-8-10(2)3/h10H,7-9H2,1-6H3,(H,15,18)(H,19,20). The lowest BCUT2D eigenvalue weighted by atomic mass is 10.0. The van der Waals surface area contributed by atoms with Crippen LogP contribution in [-0.2, 0) is 9.59 Å². The number of carboxylic acids is 1. The molecular weight excluding hydrogens is 274 g/mol. The number of amides is 3. The third kappa shape index (κ3) is 5.61. The van der Waals surface area contributed by atoms with Gasteiger partial charge in [0, 0.05) is 20.1 Å². The van der Waals surface area contributed by atoms with E-state index in [1.165, 1.54) is 30.7 Å². The molecule has 21 heavy (non-hydrogen) atoms. The number of hydrogen-bond acceptors (Lipinski definition) is 3. The number of aliphatic carboxylic acids is 1. The molecule has 0 unspecified atom stereocenters. The molecule has 0 aliphatic rings. The van der Waals surface area contributed by atoms with E-state index in [4.69, 9.17) is 0 Å². The zero-order valence-electron chi connectivity index (χ0n) is 13.8. The van der Waals surface area contributed by atoms with Gasteiger partial charge in [-0.3, -0.25) is 4.79 Å². The molecule has 0 saturated carbocycles. The summed E-state index contributed by atoms with van der Waals surface area (Å²) in [5, 5.41) is 11.9. The minimum absolute atomic E-state index is 0.0995. The van der Waals surface area contributed by atoms with Gasteiger partial charge >= 0.3 is 12.0 Å². The molecule has 0 bridgehead atoms. The largest absolute Gasteiger partial charge is 0.480 e. The fourth-order valence-electron chi connectivity index (χ4n) is 1.75. The molecule has 0 rings (SSSR count). The summed E-state index contributed by atoms with van der Waals surface area (Å²) in [6, 6.07) is -0.482. The van der Waals surface area contributed by atoms with Crippen LogP contribution in [0.4, 0.5) is 4.79 Å². The van der Waals surface area contributed by atoms with Gasteiger partial charge in [-0.1, -0.05) is 13.8 Å². The first-order valence-electron chi connectivity index (χ1n) is 7.06. The van der Waals surface area contributed by atoms with Crippen molar-refractivity contribution in [2.45, 2.75) is 40.2 Å². The van der Waals surface area contributed by atoms with Gasteiger partial charge in [-0.05, 0) is 26.7 Å². The van der Waals surface area contributed by atoms with E-state index in [1.54, 1.807) is 6.92 Å². The van der Waals surface area contributed by atoms with Gasteiger partial charge in [0.25, 0.3) is 0 Å². The van der Waals surface area contributed by atoms with Crippen molar-refractivity contribution in [3.8, 4) is 0 Å². The molecule has 0 radical (unpaired) electrons. The second-order valence-electron chi connectivity index (χ2n) is 5.94. The molecule has 0 aliphatic carbocycles. The highest BCUT2D eigenvalue weighted by atomic mass is 16.4. The highest BCUT2D eigenvalue weighted by molar-refractivity contribution is 5.88. The zero-order chi connectivity index (χ0) is 16.8. The van der Waals surface area contributed by atoms with Crippen LogP contribution in [-0.4, -0.2) is 65.0 Å². The smallest absolute Gasteiger partial charge is 0.329 e. The topological polar surface area (TPSA) is 90.0 Å². The Labute approximate surface area is 126 Å². The van der Waals surface area contributed by atoms with Gasteiger partial charge in [-0.2, -0.15) is 0 Å². The summed E-state index contributed by atoms with van der Waals surface area (Å²) in [6.07, 6.45) is 0. The molecule has 0 fully saturated rings. The third-order valence-electron chi connectivity index (χ3n) is 3.16. The van der Waals surface area contributed by atoms with E-state index in [9.17, 15) is 19.5 Å². The van der Waals surface area contributed by atoms with E-state index in [0.29, 0.717) is 12.5 Å². The summed E-state index contributed by atoms with van der Waals surface area (Å²) < 4.78 is 0. The highest BCUT2D eigenvalue weighted by Crippen LogP contribution is 2.16. The first-order valence-corrected chi connectivity index (χ1v) is 7.06. The molecule has 0 aliphatic heterocycles. The number of urea groups is 1. The Hall–Kier alpha value is -1.79. The Balaban J connectivity index is 4.74. The summed E-state index contributed by atoms with van der Waals surface area (Å²) in [5.41, 5.74) is -1.32. The van der Waals surface area contributed by atoms with Crippen molar-refractivity contribution >= 4 is 17.9 Å². The number of carboxylic acid groups (broad SMARTS) is 1. The van der Waals surface area contributed by atoms with Gasteiger partial charge in [-0.25, -0.2) is 9.59 Å². The van der Waals surface area contributed by atoms with E-state index >= 15 is 0 Å². The average Bonchev–Trinajstić information content (AvgIpc) is 2.36. The maximum absolute atomic E-state index is 12.3. The van der Waals surface area contributed by atoms with E-state index in [1.807, 2.05) is 13.8 Å². The van der Waals surface area contributed by atoms with Crippen molar-refractivity contribution in [3.63, 3.8) is 0 Å². The summed E-state index contributed by atoms with van der Waals surface area (Å²) >= 11 is 0. The molecule has 0 aromatic heterocycles. The Morgan fingerprint density at radius 1 is 1.24 bits per heavy atom. The molecule has 7 heteroatoms. The molecule has 0 aromatic rings. The minimum atomic E-state index is -1.32. The van der Waals surface area contributed by atoms with Crippen LogP contribution in [0.3, 0.4) is 0 Å². The van der Waals surface area contributed by atoms with Gasteiger partial charge in [0.2, 0.25) is 5.91 Å². The van der Waals surface area contributed by atoms with Gasteiger partial charge < -0.3 is 20.2 Å². The van der Waals surface area contributed by atoms with Crippen LogP contribution >= 0.6 is 0 Å². The number of nitrogens with one attached hydrogen (secondary N) is 1. The quantitative estimate of drug-likeness (QED) is 0.734. The van der Waals surface area contributed by atoms with Crippen molar-refractivity contribution in [2.24, 2.45) is 5.92 Å². The first kappa shape index (κ1) is 19.2. The van der Waals surface area contributed by atoms with E-state index < -0.39 is 17.5 Å². The lowest BCUT2D eigenvalue weighted by Gasteiger charge is -2.36. The second-order valence-corrected chi connectivity index (χ2v) is 5.94. The average molecular weight is 301 g/mol. The first-order chi connectivity index (χ1) is 9.53. The molecule has 0 atom stereocenters. The molecule has 0 saturated heterocycles. The third-order valence-corrected chi connectivity index (χ3v) is 3.16. The number of carbonyl (C=O) groups excluding carboxylic acids is 2. The lowest BCUT2D eigenvalue weighted by Crippen LogP contribution is -2.57. The van der Waals surface area contributed by atoms with Crippen LogP contribution in [0.5, 0.6) is 0 Å². The number of hydrogen-bond donors (Lipinski definition) is 2. The van der Waals surface area contributed by atoms with Crippen LogP contribution in [0.15, 0.2) is 0 Å². The summed E-state index contributed by atoms with van der Waals surface area (Å²) in [5.74, 6) is -1.02. The summed E-state index contributed by atoms with van der Waals surface area (Å²) in [7, 11) is 1.48. The molecule has 7 nitrogen and oxygen atoms in total. The maximum atomic E-state index is 12.3. The zero-order valence-corrected chi connectivity index (χ0v) is 13.8. The van der Waals surface area contributed by atoms with Crippen LogP contribution in [0.25, 0.3) is 0 Å². The minimum Gasteiger partial charge on any atom is -0.480 e. The summed E-state index contributed by atoms with van der Waals surface area (Å²) in [6.45, 7) is 9.27. The SMILES string of the molecule is CCN(C(=O)N(C)CC(=O)NCC(C)C)C(C)(C)C(=O)O. The highest BCUT2D eigenvalue weighted by Gasteiger charge is 2.38. The maximum Gasteiger partial charge on any atom is 0.329 e. The fourth-order valence-corrected chi connectivity index (χ4v) is 1.75. The van der Waals surface area contributed by atoms with E-state index in [2.05, 4.69) is 5.32 Å². The van der Waals surface area contributed by atoms with Crippen molar-refractivity contribution < 1.29 is 19.5 Å². The van der Waals surface area contributed by atoms with Gasteiger partial charge in [0.05, 0.1) is 0 Å². The van der Waals surface area contributed by atoms with Crippen molar-refractivity contribution in [3.05, 3.63) is 0 Å². The van der Waals surface area contributed by atoms with Crippen LogP contribution in [0.1, 0.15) is 34.6 Å². The molecule has 0 spiro atoms. The Bertz CT molecular complexity index is 394. The number of carbonyl (C=O) groups is 3. The molecule has 2 N–H and O–H groups in total. The molecule has 122 valence electrons. The molecular formula is C14H27N3O4. The van der Waals surface area contributed by atoms with Crippen LogP contribution in [0, 0.1) is 5.92 Å². The Morgan fingerprint density at radius 2 is 1.76 bits per heavy atom. The molecule has 0 aromatic carbocycles. The van der Waals surface area contributed by atoms with Crippen LogP contribution < -0.4 is 5.32 Å². The molecule has 3 amide bonds. The van der Waals surface area contributed by atoms with Gasteiger partial charge in [-0.15, -0.1) is 0 Å². The monoisotopic (exact) mass is 301 g/mol. The predicted octanol–water partition coefficient (Wildman–Crippen LogP) is 0.996. The lowest BCUT2D eigenvalue weighted by molar-refractivity contribution is -0.147. The Morgan fingerprint density at radius 3 is 2.14 bits per heavy atom. The summed E-state index contributed by atoms with van der Waals surface area (Å²) in [4.78, 5) is 37.7. The molecule has 0 heterocycles. The van der Waals surface area contributed by atoms with E-state index in [0.717, 1.165) is 0 Å². The van der Waals surface area contributed by atoms with Crippen molar-refractivity contribution in [2.75, 3.05) is 26.7 Å². The normalized spacial score (nSPS) is 11.2. The Kier molecular flexibility index (Phi) is 7.18. The number of likely N-dealkylation sites (N-methyl/N-ethyl adjacent to an activating group) is 2. The van der Waals surface area contributed by atoms with Crippen molar-refractivity contribution in [1.82, 2.24) is 15.1 Å². The fraction of sp³-hybridized carbons (Fsp3) is 0.786.